The highest BCUT2D eigenvalue weighted by Crippen LogP contribution is 2.34. The van der Waals surface area contributed by atoms with E-state index >= 15 is 0 Å². The number of rotatable bonds is 0. The molecule has 0 bridgehead atoms. The lowest BCUT2D eigenvalue weighted by molar-refractivity contribution is -0.0928. The molecule has 0 saturated heterocycles. The molecule has 5 heteroatoms. The van der Waals surface area contributed by atoms with Gasteiger partial charge in [0.15, 0.2) is 5.70 Å². The van der Waals surface area contributed by atoms with Gasteiger partial charge in [0.05, 0.1) is 0 Å². The van der Waals surface area contributed by atoms with Crippen molar-refractivity contribution in [1.29, 1.82) is 0 Å². The third kappa shape index (κ3) is 2.05. The Kier molecular flexibility index (Phi) is 2.37. The van der Waals surface area contributed by atoms with Crippen molar-refractivity contribution < 1.29 is 13.2 Å². The average Bonchev–Trinajstić information content (AvgIpc) is 1.86. The largest absolute Gasteiger partial charge is 0.434 e. The van der Waals surface area contributed by atoms with Gasteiger partial charge < -0.3 is 0 Å². The fraction of sp³-hybridized carbons (Fsp3) is 0.500. The highest BCUT2D eigenvalue weighted by molar-refractivity contribution is 9.11. The van der Waals surface area contributed by atoms with E-state index in [0.29, 0.717) is 12.8 Å². The van der Waals surface area contributed by atoms with Crippen LogP contribution in [0.4, 0.5) is 13.2 Å². The minimum Gasteiger partial charge on any atom is -0.255 e. The van der Waals surface area contributed by atoms with Crippen LogP contribution in [0.15, 0.2) is 15.2 Å². The summed E-state index contributed by atoms with van der Waals surface area (Å²) in [4.78, 5) is 3.26. The lowest BCUT2D eigenvalue weighted by Crippen LogP contribution is -2.13. The van der Waals surface area contributed by atoms with Crippen molar-refractivity contribution in [2.45, 2.75) is 19.0 Å². The molecule has 0 spiro atoms. The summed E-state index contributed by atoms with van der Waals surface area (Å²) in [6.07, 6.45) is -2.08. The molecule has 0 aromatic carbocycles. The monoisotopic (exact) mass is 227 g/mol. The van der Waals surface area contributed by atoms with Gasteiger partial charge in [-0.1, -0.05) is 15.9 Å². The summed E-state index contributed by atoms with van der Waals surface area (Å²) in [5.74, 6) is 0. The first-order chi connectivity index (χ1) is 5.02. The molecule has 0 radical (unpaired) electrons. The first-order valence-corrected chi connectivity index (χ1v) is 3.79. The van der Waals surface area contributed by atoms with E-state index < -0.39 is 11.9 Å². The molecule has 0 saturated carbocycles. The molecule has 62 valence electrons. The Morgan fingerprint density at radius 1 is 1.45 bits per heavy atom. The summed E-state index contributed by atoms with van der Waals surface area (Å²) in [6.45, 7) is 0. The van der Waals surface area contributed by atoms with Crippen molar-refractivity contribution >= 4 is 22.1 Å². The predicted octanol–water partition coefficient (Wildman–Crippen LogP) is 3.02. The van der Waals surface area contributed by atoms with Gasteiger partial charge in [-0.15, -0.1) is 0 Å². The average molecular weight is 228 g/mol. The highest BCUT2D eigenvalue weighted by Gasteiger charge is 2.36. The van der Waals surface area contributed by atoms with Gasteiger partial charge in [-0.05, 0) is 12.8 Å². The minimum absolute atomic E-state index is 0.146. The van der Waals surface area contributed by atoms with Crippen LogP contribution in [0, 0.1) is 0 Å². The SMILES string of the molecule is FC(F)(F)C1=C(Br)CCC=N1. The Labute approximate surface area is 70.1 Å². The first kappa shape index (κ1) is 8.77. The molecule has 0 amide bonds. The minimum atomic E-state index is -4.32. The van der Waals surface area contributed by atoms with E-state index in [1.165, 1.54) is 6.21 Å². The maximum absolute atomic E-state index is 12.0. The summed E-state index contributed by atoms with van der Waals surface area (Å²) < 4.78 is 36.1. The quantitative estimate of drug-likeness (QED) is 0.604. The van der Waals surface area contributed by atoms with E-state index in [1.54, 1.807) is 0 Å². The number of hydrogen-bond acceptors (Lipinski definition) is 1. The van der Waals surface area contributed by atoms with Crippen LogP contribution in [-0.4, -0.2) is 12.4 Å². The van der Waals surface area contributed by atoms with Gasteiger partial charge in [-0.25, -0.2) is 0 Å². The maximum atomic E-state index is 12.0. The van der Waals surface area contributed by atoms with Crippen LogP contribution >= 0.6 is 15.9 Å². The van der Waals surface area contributed by atoms with Crippen molar-refractivity contribution in [3.63, 3.8) is 0 Å². The summed E-state index contributed by atoms with van der Waals surface area (Å²) in [7, 11) is 0. The van der Waals surface area contributed by atoms with Crippen LogP contribution in [-0.2, 0) is 0 Å². The number of halogens is 4. The van der Waals surface area contributed by atoms with E-state index in [1.807, 2.05) is 0 Å². The smallest absolute Gasteiger partial charge is 0.255 e. The molecular formula is C6H5BrF3N. The van der Waals surface area contributed by atoms with Crippen molar-refractivity contribution in [1.82, 2.24) is 0 Å². The fourth-order valence-electron chi connectivity index (χ4n) is 0.763. The lowest BCUT2D eigenvalue weighted by atomic mass is 10.2. The van der Waals surface area contributed by atoms with Crippen LogP contribution in [0.2, 0.25) is 0 Å². The summed E-state index contributed by atoms with van der Waals surface area (Å²) in [5, 5.41) is 0. The molecule has 0 atom stereocenters. The Morgan fingerprint density at radius 2 is 2.09 bits per heavy atom. The Bertz CT molecular complexity index is 216. The zero-order chi connectivity index (χ0) is 8.48. The molecule has 0 unspecified atom stereocenters. The lowest BCUT2D eigenvalue weighted by Gasteiger charge is -2.12. The standard InChI is InChI=1S/C6H5BrF3N/c7-4-2-1-3-11-5(4)6(8,9)10/h3H,1-2H2. The van der Waals surface area contributed by atoms with Gasteiger partial charge in [0.25, 0.3) is 0 Å². The second-order valence-electron chi connectivity index (χ2n) is 2.10. The predicted molar refractivity (Wildman–Crippen MR) is 39.7 cm³/mol. The second-order valence-corrected chi connectivity index (χ2v) is 3.06. The summed E-state index contributed by atoms with van der Waals surface area (Å²) >= 11 is 2.84. The van der Waals surface area contributed by atoms with Crippen molar-refractivity contribution in [2.75, 3.05) is 0 Å². The molecular weight excluding hydrogens is 223 g/mol. The molecule has 1 nitrogen and oxygen atoms in total. The summed E-state index contributed by atoms with van der Waals surface area (Å²) in [5.41, 5.74) is -0.802. The summed E-state index contributed by atoms with van der Waals surface area (Å²) in [6, 6.07) is 0. The van der Waals surface area contributed by atoms with Crippen molar-refractivity contribution in [3.05, 3.63) is 10.2 Å². The number of alkyl halides is 3. The second kappa shape index (κ2) is 2.97. The number of hydrogen-bond donors (Lipinski definition) is 0. The van der Waals surface area contributed by atoms with Gasteiger partial charge in [-0.2, -0.15) is 13.2 Å². The van der Waals surface area contributed by atoms with E-state index in [-0.39, 0.29) is 4.48 Å². The van der Waals surface area contributed by atoms with Crippen LogP contribution in [0.5, 0.6) is 0 Å². The third-order valence-electron chi connectivity index (χ3n) is 1.24. The van der Waals surface area contributed by atoms with E-state index in [4.69, 9.17) is 0 Å². The van der Waals surface area contributed by atoms with Crippen LogP contribution < -0.4 is 0 Å². The van der Waals surface area contributed by atoms with E-state index in [9.17, 15) is 13.2 Å². The van der Waals surface area contributed by atoms with Crippen molar-refractivity contribution in [2.24, 2.45) is 4.99 Å². The van der Waals surface area contributed by atoms with Gasteiger partial charge in [0.1, 0.15) is 0 Å². The van der Waals surface area contributed by atoms with Crippen molar-refractivity contribution in [3.8, 4) is 0 Å². The van der Waals surface area contributed by atoms with Crippen LogP contribution in [0.1, 0.15) is 12.8 Å². The van der Waals surface area contributed by atoms with Gasteiger partial charge in [-0.3, -0.25) is 4.99 Å². The molecule has 0 aromatic rings. The Morgan fingerprint density at radius 3 is 2.45 bits per heavy atom. The number of aliphatic imine (C=N–C) groups is 1. The Hall–Kier alpha value is -0.320. The Balaban J connectivity index is 2.93. The number of allylic oxidation sites excluding steroid dienone is 2. The fourth-order valence-corrected chi connectivity index (χ4v) is 1.32. The number of nitrogens with zero attached hydrogens (tertiary/aromatic N) is 1. The van der Waals surface area contributed by atoms with Gasteiger partial charge in [0.2, 0.25) is 0 Å². The maximum Gasteiger partial charge on any atom is 0.434 e. The molecule has 0 aliphatic carbocycles. The van der Waals surface area contributed by atoms with Gasteiger partial charge in [0, 0.05) is 10.7 Å². The topological polar surface area (TPSA) is 12.4 Å². The zero-order valence-corrected chi connectivity index (χ0v) is 7.04. The van der Waals surface area contributed by atoms with Crippen LogP contribution in [0.25, 0.3) is 0 Å². The molecule has 11 heavy (non-hydrogen) atoms. The molecule has 1 aliphatic heterocycles. The first-order valence-electron chi connectivity index (χ1n) is 3.00. The van der Waals surface area contributed by atoms with Gasteiger partial charge >= 0.3 is 6.18 Å². The molecule has 1 heterocycles. The molecule has 0 N–H and O–H groups in total. The third-order valence-corrected chi connectivity index (χ3v) is 2.01. The van der Waals surface area contributed by atoms with Crippen LogP contribution in [0.3, 0.4) is 0 Å². The molecule has 1 rings (SSSR count). The molecule has 0 aromatic heterocycles. The molecule has 0 fully saturated rings. The normalized spacial score (nSPS) is 19.3. The van der Waals surface area contributed by atoms with E-state index in [2.05, 4.69) is 20.9 Å². The molecule has 1 aliphatic rings. The zero-order valence-electron chi connectivity index (χ0n) is 5.45. The van der Waals surface area contributed by atoms with E-state index in [0.717, 1.165) is 0 Å². The highest BCUT2D eigenvalue weighted by atomic mass is 79.9.